The van der Waals surface area contributed by atoms with Crippen LogP contribution in [0.15, 0.2) is 59.9 Å². The molecule has 0 aliphatic carbocycles. The van der Waals surface area contributed by atoms with E-state index in [2.05, 4.69) is 14.7 Å². The average molecular weight is 315 g/mol. The molecule has 1 aromatic carbocycles. The highest BCUT2D eigenvalue weighted by Gasteiger charge is 2.17. The topological polar surface area (TPSA) is 81.2 Å². The maximum Gasteiger partial charge on any atom is 0.262 e. The Bertz CT molecular complexity index is 903. The third-order valence-electron chi connectivity index (χ3n) is 3.13. The molecular formula is C15H13N3O3S. The summed E-state index contributed by atoms with van der Waals surface area (Å²) in [6, 6.07) is 9.92. The largest absolute Gasteiger partial charge is 0.481 e. The van der Waals surface area contributed by atoms with Crippen LogP contribution in [0.25, 0.3) is 10.8 Å². The van der Waals surface area contributed by atoms with Crippen molar-refractivity contribution in [2.24, 2.45) is 0 Å². The zero-order valence-corrected chi connectivity index (χ0v) is 12.5. The van der Waals surface area contributed by atoms with Crippen molar-refractivity contribution in [2.45, 2.75) is 4.90 Å². The van der Waals surface area contributed by atoms with Crippen LogP contribution in [-0.2, 0) is 10.0 Å². The van der Waals surface area contributed by atoms with Gasteiger partial charge in [-0.25, -0.2) is 13.4 Å². The van der Waals surface area contributed by atoms with Gasteiger partial charge in [0.05, 0.1) is 23.9 Å². The normalized spacial score (nSPS) is 11.3. The predicted molar refractivity (Wildman–Crippen MR) is 83.3 cm³/mol. The molecule has 22 heavy (non-hydrogen) atoms. The second-order valence-electron chi connectivity index (χ2n) is 4.55. The highest BCUT2D eigenvalue weighted by molar-refractivity contribution is 7.93. The Morgan fingerprint density at radius 3 is 2.68 bits per heavy atom. The monoisotopic (exact) mass is 315 g/mol. The summed E-state index contributed by atoms with van der Waals surface area (Å²) in [5.41, 5.74) is 0.367. The number of hydrogen-bond acceptors (Lipinski definition) is 5. The fraction of sp³-hybridized carbons (Fsp3) is 0.0667. The molecule has 0 saturated carbocycles. The van der Waals surface area contributed by atoms with Gasteiger partial charge in [0.15, 0.2) is 0 Å². The number of hydrogen-bond donors (Lipinski definition) is 1. The minimum absolute atomic E-state index is 0.197. The Balaban J connectivity index is 2.01. The molecule has 0 amide bonds. The lowest BCUT2D eigenvalue weighted by molar-refractivity contribution is 0.398. The number of fused-ring (bicyclic) bond motifs is 1. The number of pyridine rings is 2. The number of sulfonamides is 1. The highest BCUT2D eigenvalue weighted by atomic mass is 32.2. The van der Waals surface area contributed by atoms with Crippen LogP contribution in [0, 0.1) is 0 Å². The van der Waals surface area contributed by atoms with E-state index < -0.39 is 10.0 Å². The molecule has 1 N–H and O–H groups in total. The van der Waals surface area contributed by atoms with Crippen LogP contribution in [0.4, 0.5) is 5.69 Å². The third kappa shape index (κ3) is 2.71. The minimum atomic E-state index is -3.72. The number of methoxy groups -OCH3 is 1. The van der Waals surface area contributed by atoms with Crippen LogP contribution >= 0.6 is 0 Å². The molecule has 0 saturated heterocycles. The van der Waals surface area contributed by atoms with Gasteiger partial charge in [-0.3, -0.25) is 9.71 Å². The first kappa shape index (κ1) is 14.3. The molecule has 3 rings (SSSR count). The summed E-state index contributed by atoms with van der Waals surface area (Å²) >= 11 is 0. The van der Waals surface area contributed by atoms with Gasteiger partial charge in [0.2, 0.25) is 5.88 Å². The Labute approximate surface area is 127 Å². The number of aromatic nitrogens is 2. The van der Waals surface area contributed by atoms with Gasteiger partial charge in [0.25, 0.3) is 10.0 Å². The molecule has 0 aliphatic rings. The van der Waals surface area contributed by atoms with E-state index in [0.29, 0.717) is 17.0 Å². The van der Waals surface area contributed by atoms with E-state index in [1.54, 1.807) is 42.7 Å². The van der Waals surface area contributed by atoms with Gasteiger partial charge in [0.1, 0.15) is 0 Å². The predicted octanol–water partition coefficient (Wildman–Crippen LogP) is 2.44. The van der Waals surface area contributed by atoms with Crippen LogP contribution in [0.1, 0.15) is 0 Å². The van der Waals surface area contributed by atoms with Gasteiger partial charge in [-0.05, 0) is 18.2 Å². The summed E-state index contributed by atoms with van der Waals surface area (Å²) < 4.78 is 32.6. The molecule has 0 unspecified atom stereocenters. The summed E-state index contributed by atoms with van der Waals surface area (Å²) in [5, 5.41) is 1.38. The fourth-order valence-electron chi connectivity index (χ4n) is 2.10. The van der Waals surface area contributed by atoms with E-state index in [9.17, 15) is 8.42 Å². The van der Waals surface area contributed by atoms with Crippen molar-refractivity contribution >= 4 is 26.5 Å². The van der Waals surface area contributed by atoms with Crippen molar-refractivity contribution in [1.82, 2.24) is 9.97 Å². The third-order valence-corrected chi connectivity index (χ3v) is 4.57. The van der Waals surface area contributed by atoms with E-state index in [1.807, 2.05) is 6.07 Å². The lowest BCUT2D eigenvalue weighted by atomic mass is 10.2. The Kier molecular flexibility index (Phi) is 3.64. The second kappa shape index (κ2) is 5.61. The second-order valence-corrected chi connectivity index (χ2v) is 6.20. The van der Waals surface area contributed by atoms with Gasteiger partial charge in [-0.2, -0.15) is 0 Å². The van der Waals surface area contributed by atoms with E-state index in [1.165, 1.54) is 13.3 Å². The lowest BCUT2D eigenvalue weighted by Crippen LogP contribution is -2.13. The molecule has 0 radical (unpaired) electrons. The average Bonchev–Trinajstić information content (AvgIpc) is 2.54. The number of rotatable bonds is 4. The van der Waals surface area contributed by atoms with Crippen LogP contribution in [0.2, 0.25) is 0 Å². The molecule has 3 aromatic rings. The number of ether oxygens (including phenoxy) is 1. The molecule has 2 aromatic heterocycles. The van der Waals surface area contributed by atoms with Crippen molar-refractivity contribution in [3.63, 3.8) is 0 Å². The highest BCUT2D eigenvalue weighted by Crippen LogP contribution is 2.24. The van der Waals surface area contributed by atoms with E-state index in [4.69, 9.17) is 4.74 Å². The molecule has 0 bridgehead atoms. The van der Waals surface area contributed by atoms with Crippen molar-refractivity contribution in [1.29, 1.82) is 0 Å². The van der Waals surface area contributed by atoms with Gasteiger partial charge < -0.3 is 4.74 Å². The van der Waals surface area contributed by atoms with E-state index in [-0.39, 0.29) is 4.90 Å². The molecule has 0 atom stereocenters. The first-order valence-electron chi connectivity index (χ1n) is 6.46. The Hall–Kier alpha value is -2.67. The summed E-state index contributed by atoms with van der Waals surface area (Å²) in [5.74, 6) is 0.416. The van der Waals surface area contributed by atoms with Gasteiger partial charge in [0, 0.05) is 29.2 Å². The van der Waals surface area contributed by atoms with Gasteiger partial charge in [-0.15, -0.1) is 0 Å². The molecule has 0 fully saturated rings. The smallest absolute Gasteiger partial charge is 0.262 e. The molecule has 6 nitrogen and oxygen atoms in total. The van der Waals surface area contributed by atoms with Gasteiger partial charge >= 0.3 is 0 Å². The number of nitrogens with zero attached hydrogens (tertiary/aromatic N) is 2. The lowest BCUT2D eigenvalue weighted by Gasteiger charge is -2.10. The number of nitrogens with one attached hydrogen (secondary N) is 1. The van der Waals surface area contributed by atoms with Crippen LogP contribution in [-0.4, -0.2) is 25.5 Å². The van der Waals surface area contributed by atoms with Crippen LogP contribution < -0.4 is 9.46 Å². The maximum absolute atomic E-state index is 12.6. The molecule has 112 valence electrons. The summed E-state index contributed by atoms with van der Waals surface area (Å²) in [4.78, 5) is 8.18. The van der Waals surface area contributed by atoms with Crippen molar-refractivity contribution in [2.75, 3.05) is 11.8 Å². The molecule has 0 aliphatic heterocycles. The quantitative estimate of drug-likeness (QED) is 0.799. The first-order chi connectivity index (χ1) is 10.6. The van der Waals surface area contributed by atoms with Crippen LogP contribution in [0.5, 0.6) is 5.88 Å². The number of anilines is 1. The minimum Gasteiger partial charge on any atom is -0.481 e. The summed E-state index contributed by atoms with van der Waals surface area (Å²) in [6.45, 7) is 0. The zero-order chi connectivity index (χ0) is 15.6. The van der Waals surface area contributed by atoms with Crippen molar-refractivity contribution in [3.8, 4) is 5.88 Å². The molecule has 7 heteroatoms. The van der Waals surface area contributed by atoms with E-state index >= 15 is 0 Å². The van der Waals surface area contributed by atoms with E-state index in [0.717, 1.165) is 5.39 Å². The SMILES string of the molecule is COc1ccc(NS(=O)(=O)c2cccc3cnccc23)cn1. The van der Waals surface area contributed by atoms with Crippen LogP contribution in [0.3, 0.4) is 0 Å². The summed E-state index contributed by atoms with van der Waals surface area (Å²) in [7, 11) is -2.22. The maximum atomic E-state index is 12.6. The Morgan fingerprint density at radius 2 is 1.95 bits per heavy atom. The standard InChI is InChI=1S/C15H13N3O3S/c1-21-15-6-5-12(10-17-15)18-22(19,20)14-4-2-3-11-9-16-8-7-13(11)14/h2-10,18H,1H3. The van der Waals surface area contributed by atoms with Gasteiger partial charge in [-0.1, -0.05) is 12.1 Å². The fourth-order valence-corrected chi connectivity index (χ4v) is 3.37. The Morgan fingerprint density at radius 1 is 1.09 bits per heavy atom. The van der Waals surface area contributed by atoms with Crippen molar-refractivity contribution in [3.05, 3.63) is 55.0 Å². The molecule has 0 spiro atoms. The number of benzene rings is 1. The first-order valence-corrected chi connectivity index (χ1v) is 7.94. The van der Waals surface area contributed by atoms with Crippen molar-refractivity contribution < 1.29 is 13.2 Å². The molecule has 2 heterocycles. The zero-order valence-electron chi connectivity index (χ0n) is 11.7. The molecular weight excluding hydrogens is 302 g/mol. The summed E-state index contributed by atoms with van der Waals surface area (Å²) in [6.07, 6.45) is 4.60.